The zero-order chi connectivity index (χ0) is 9.23. The van der Waals surface area contributed by atoms with Gasteiger partial charge in [-0.15, -0.1) is 0 Å². The molecule has 0 fully saturated rings. The molecule has 0 radical (unpaired) electrons. The number of aliphatic hydroxyl groups is 1. The number of nitrogens with two attached hydrogens (primary N) is 1. The molecule has 0 heterocycles. The zero-order valence-corrected chi connectivity index (χ0v) is 7.59. The van der Waals surface area contributed by atoms with E-state index in [1.165, 1.54) is 6.92 Å². The first-order valence-electron chi connectivity index (χ1n) is 3.78. The molecule has 0 aliphatic carbocycles. The minimum absolute atomic E-state index is 0.201. The minimum Gasteiger partial charge on any atom is -0.386 e. The lowest BCUT2D eigenvalue weighted by atomic mass is 9.80. The van der Waals surface area contributed by atoms with E-state index >= 15 is 0 Å². The highest BCUT2D eigenvalue weighted by Gasteiger charge is 2.33. The molecule has 0 bridgehead atoms. The van der Waals surface area contributed by atoms with Crippen LogP contribution in [0.3, 0.4) is 0 Å². The fraction of sp³-hybridized carbons (Fsp3) is 0.875. The average Bonchev–Trinajstić information content (AvgIpc) is 1.85. The summed E-state index contributed by atoms with van der Waals surface area (Å²) in [6, 6.07) is -0.232. The molecule has 0 spiro atoms. The van der Waals surface area contributed by atoms with Gasteiger partial charge >= 0.3 is 0 Å². The lowest BCUT2D eigenvalue weighted by molar-refractivity contribution is -0.135. The van der Waals surface area contributed by atoms with Crippen molar-refractivity contribution in [2.45, 2.75) is 39.8 Å². The van der Waals surface area contributed by atoms with Crippen LogP contribution >= 0.6 is 0 Å². The van der Waals surface area contributed by atoms with E-state index < -0.39 is 11.5 Å². The SMILES string of the molecule is CC(O)C(=O)C(C)(C)C(C)N. The molecule has 3 heteroatoms. The van der Waals surface area contributed by atoms with E-state index in [1.54, 1.807) is 20.8 Å². The number of ketones is 1. The lowest BCUT2D eigenvalue weighted by Crippen LogP contribution is -2.45. The van der Waals surface area contributed by atoms with E-state index in [2.05, 4.69) is 0 Å². The number of hydrogen-bond acceptors (Lipinski definition) is 3. The molecule has 2 atom stereocenters. The molecule has 0 aliphatic rings. The Kier molecular flexibility index (Phi) is 3.20. The van der Waals surface area contributed by atoms with Crippen molar-refractivity contribution in [3.8, 4) is 0 Å². The molecule has 0 aromatic heterocycles. The first-order chi connectivity index (χ1) is 4.80. The number of aliphatic hydroxyl groups excluding tert-OH is 1. The molecule has 0 aromatic rings. The van der Waals surface area contributed by atoms with Crippen LogP contribution in [0.4, 0.5) is 0 Å². The van der Waals surface area contributed by atoms with Crippen LogP contribution in [0, 0.1) is 5.41 Å². The third-order valence-corrected chi connectivity index (χ3v) is 2.15. The molecular formula is C8H17NO2. The number of Topliss-reactive ketones (excluding diaryl/α,β-unsaturated/α-hetero) is 1. The Morgan fingerprint density at radius 1 is 1.45 bits per heavy atom. The normalized spacial score (nSPS) is 17.6. The summed E-state index contributed by atoms with van der Waals surface area (Å²) in [5.41, 5.74) is 4.95. The highest BCUT2D eigenvalue weighted by Crippen LogP contribution is 2.21. The van der Waals surface area contributed by atoms with Gasteiger partial charge in [0.1, 0.15) is 6.10 Å². The summed E-state index contributed by atoms with van der Waals surface area (Å²) in [6.45, 7) is 6.71. The van der Waals surface area contributed by atoms with E-state index in [0.717, 1.165) is 0 Å². The third kappa shape index (κ3) is 2.27. The van der Waals surface area contributed by atoms with Crippen LogP contribution in [0.1, 0.15) is 27.7 Å². The van der Waals surface area contributed by atoms with E-state index in [9.17, 15) is 4.79 Å². The second-order valence-electron chi connectivity index (χ2n) is 3.55. The summed E-state index contributed by atoms with van der Waals surface area (Å²) in [6.07, 6.45) is -0.920. The zero-order valence-electron chi connectivity index (χ0n) is 7.59. The molecule has 11 heavy (non-hydrogen) atoms. The lowest BCUT2D eigenvalue weighted by Gasteiger charge is -2.28. The number of hydrogen-bond donors (Lipinski definition) is 2. The van der Waals surface area contributed by atoms with Crippen molar-refractivity contribution >= 4 is 5.78 Å². The summed E-state index contributed by atoms with van der Waals surface area (Å²) >= 11 is 0. The molecule has 0 saturated carbocycles. The quantitative estimate of drug-likeness (QED) is 0.623. The Bertz CT molecular complexity index is 150. The first-order valence-corrected chi connectivity index (χ1v) is 3.78. The van der Waals surface area contributed by atoms with Crippen molar-refractivity contribution in [1.82, 2.24) is 0 Å². The van der Waals surface area contributed by atoms with E-state index in [1.807, 2.05) is 0 Å². The van der Waals surface area contributed by atoms with Crippen LogP contribution in [0.25, 0.3) is 0 Å². The molecule has 0 amide bonds. The van der Waals surface area contributed by atoms with E-state index in [4.69, 9.17) is 10.8 Å². The van der Waals surface area contributed by atoms with Gasteiger partial charge in [-0.3, -0.25) is 4.79 Å². The smallest absolute Gasteiger partial charge is 0.168 e. The van der Waals surface area contributed by atoms with Gasteiger partial charge in [-0.1, -0.05) is 13.8 Å². The molecule has 66 valence electrons. The Labute approximate surface area is 67.6 Å². The van der Waals surface area contributed by atoms with Gasteiger partial charge in [0, 0.05) is 11.5 Å². The summed E-state index contributed by atoms with van der Waals surface area (Å²) < 4.78 is 0. The predicted octanol–water partition coefficient (Wildman–Crippen LogP) is 0.310. The Morgan fingerprint density at radius 2 is 1.82 bits per heavy atom. The fourth-order valence-corrected chi connectivity index (χ4v) is 0.763. The maximum atomic E-state index is 11.3. The number of carbonyl (C=O) groups is 1. The Hall–Kier alpha value is -0.410. The van der Waals surface area contributed by atoms with Crippen LogP contribution in [0.5, 0.6) is 0 Å². The van der Waals surface area contributed by atoms with Crippen molar-refractivity contribution in [2.75, 3.05) is 0 Å². The predicted molar refractivity (Wildman–Crippen MR) is 44.1 cm³/mol. The molecular weight excluding hydrogens is 142 g/mol. The highest BCUT2D eigenvalue weighted by atomic mass is 16.3. The Morgan fingerprint density at radius 3 is 1.91 bits per heavy atom. The van der Waals surface area contributed by atoms with Gasteiger partial charge in [-0.2, -0.15) is 0 Å². The molecule has 3 nitrogen and oxygen atoms in total. The van der Waals surface area contributed by atoms with Crippen molar-refractivity contribution in [3.05, 3.63) is 0 Å². The van der Waals surface area contributed by atoms with E-state index in [0.29, 0.717) is 0 Å². The van der Waals surface area contributed by atoms with Gasteiger partial charge in [0.25, 0.3) is 0 Å². The molecule has 0 aliphatic heterocycles. The third-order valence-electron chi connectivity index (χ3n) is 2.15. The van der Waals surface area contributed by atoms with Gasteiger partial charge in [-0.25, -0.2) is 0 Å². The largest absolute Gasteiger partial charge is 0.386 e. The maximum Gasteiger partial charge on any atom is 0.168 e. The van der Waals surface area contributed by atoms with Crippen LogP contribution in [-0.4, -0.2) is 23.0 Å². The summed E-state index contributed by atoms with van der Waals surface area (Å²) in [7, 11) is 0. The topological polar surface area (TPSA) is 63.3 Å². The fourth-order valence-electron chi connectivity index (χ4n) is 0.763. The second kappa shape index (κ2) is 3.32. The summed E-state index contributed by atoms with van der Waals surface area (Å²) in [5.74, 6) is -0.201. The van der Waals surface area contributed by atoms with Gasteiger partial charge in [0.05, 0.1) is 0 Å². The molecule has 3 N–H and O–H groups in total. The van der Waals surface area contributed by atoms with Gasteiger partial charge < -0.3 is 10.8 Å². The number of carbonyl (C=O) groups excluding carboxylic acids is 1. The van der Waals surface area contributed by atoms with Crippen LogP contribution in [0.2, 0.25) is 0 Å². The standard InChI is InChI=1S/C8H17NO2/c1-5(10)7(11)8(3,4)6(2)9/h5-6,10H,9H2,1-4H3. The molecule has 0 saturated heterocycles. The minimum atomic E-state index is -0.920. The van der Waals surface area contributed by atoms with Crippen LogP contribution < -0.4 is 5.73 Å². The van der Waals surface area contributed by atoms with Crippen molar-refractivity contribution in [2.24, 2.45) is 11.1 Å². The molecule has 0 aromatic carbocycles. The Balaban J connectivity index is 4.43. The maximum absolute atomic E-state index is 11.3. The van der Waals surface area contributed by atoms with Crippen molar-refractivity contribution in [1.29, 1.82) is 0 Å². The van der Waals surface area contributed by atoms with Crippen molar-refractivity contribution < 1.29 is 9.90 Å². The van der Waals surface area contributed by atoms with Gasteiger partial charge in [-0.05, 0) is 13.8 Å². The average molecular weight is 159 g/mol. The second-order valence-corrected chi connectivity index (χ2v) is 3.55. The van der Waals surface area contributed by atoms with Crippen LogP contribution in [0.15, 0.2) is 0 Å². The van der Waals surface area contributed by atoms with Crippen molar-refractivity contribution in [3.63, 3.8) is 0 Å². The molecule has 2 unspecified atom stereocenters. The van der Waals surface area contributed by atoms with Gasteiger partial charge in [0.2, 0.25) is 0 Å². The highest BCUT2D eigenvalue weighted by molar-refractivity contribution is 5.88. The summed E-state index contributed by atoms with van der Waals surface area (Å²) in [4.78, 5) is 11.3. The first kappa shape index (κ1) is 10.6. The number of rotatable bonds is 3. The summed E-state index contributed by atoms with van der Waals surface area (Å²) in [5, 5.41) is 9.00. The monoisotopic (exact) mass is 159 g/mol. The van der Waals surface area contributed by atoms with Gasteiger partial charge in [0.15, 0.2) is 5.78 Å². The molecule has 0 rings (SSSR count). The van der Waals surface area contributed by atoms with Crippen LogP contribution in [-0.2, 0) is 4.79 Å². The van der Waals surface area contributed by atoms with E-state index in [-0.39, 0.29) is 11.8 Å².